The van der Waals surface area contributed by atoms with Crippen LogP contribution in [0, 0.1) is 5.92 Å². The zero-order valence-corrected chi connectivity index (χ0v) is 17.5. The van der Waals surface area contributed by atoms with E-state index in [1.54, 1.807) is 18.2 Å². The molecule has 1 atom stereocenters. The average Bonchev–Trinajstić information content (AvgIpc) is 3.17. The number of alkyl halides is 3. The summed E-state index contributed by atoms with van der Waals surface area (Å²) in [6.07, 6.45) is -2.94. The third-order valence-electron chi connectivity index (χ3n) is 4.94. The van der Waals surface area contributed by atoms with Gasteiger partial charge in [0.15, 0.2) is 6.61 Å². The summed E-state index contributed by atoms with van der Waals surface area (Å²) in [5.41, 5.74) is -0.738. The van der Waals surface area contributed by atoms with Gasteiger partial charge in [-0.3, -0.25) is 14.4 Å². The Morgan fingerprint density at radius 1 is 1.15 bits per heavy atom. The Kier molecular flexibility index (Phi) is 7.37. The van der Waals surface area contributed by atoms with Gasteiger partial charge in [0.2, 0.25) is 11.8 Å². The van der Waals surface area contributed by atoms with Gasteiger partial charge in [-0.25, -0.2) is 0 Å². The first-order valence-electron chi connectivity index (χ1n) is 10.1. The number of carbonyl (C=O) groups excluding carboxylic acids is 3. The molecular formula is C23H22F3N3O4. The van der Waals surface area contributed by atoms with Crippen molar-refractivity contribution < 1.29 is 32.3 Å². The van der Waals surface area contributed by atoms with E-state index in [0.29, 0.717) is 18.0 Å². The molecule has 0 aromatic heterocycles. The number of halogens is 3. The van der Waals surface area contributed by atoms with Gasteiger partial charge >= 0.3 is 6.18 Å². The molecule has 0 saturated carbocycles. The third-order valence-corrected chi connectivity index (χ3v) is 4.94. The molecule has 1 aliphatic rings. The van der Waals surface area contributed by atoms with Gasteiger partial charge in [0.05, 0.1) is 17.2 Å². The first kappa shape index (κ1) is 23.8. The van der Waals surface area contributed by atoms with Crippen LogP contribution in [-0.2, 0) is 20.6 Å². The molecule has 1 heterocycles. The van der Waals surface area contributed by atoms with Gasteiger partial charge in [0, 0.05) is 25.2 Å². The Balaban J connectivity index is 1.55. The molecule has 3 amide bonds. The van der Waals surface area contributed by atoms with Gasteiger partial charge in [-0.05, 0) is 36.4 Å². The standard InChI is InChI=1S/C23H22F3N3O4/c1-2-11-27-22(32)15-12-21(31)29(13-15)16-7-9-17(10-8-16)33-14-20(30)28-19-6-4-3-5-18(19)23(24,25)26/h2-10,15H,1,11-14H2,(H,27,32)(H,28,30)/t15-/m0/s1. The van der Waals surface area contributed by atoms with Gasteiger partial charge in [-0.15, -0.1) is 6.58 Å². The topological polar surface area (TPSA) is 87.7 Å². The number of benzene rings is 2. The average molecular weight is 461 g/mol. The van der Waals surface area contributed by atoms with Crippen LogP contribution in [-0.4, -0.2) is 37.4 Å². The summed E-state index contributed by atoms with van der Waals surface area (Å²) in [6.45, 7) is 3.59. The maximum absolute atomic E-state index is 13.0. The van der Waals surface area contributed by atoms with E-state index >= 15 is 0 Å². The van der Waals surface area contributed by atoms with Crippen LogP contribution in [0.3, 0.4) is 0 Å². The molecule has 33 heavy (non-hydrogen) atoms. The van der Waals surface area contributed by atoms with E-state index < -0.39 is 30.2 Å². The Bertz CT molecular complexity index is 1040. The molecule has 0 spiro atoms. The highest BCUT2D eigenvalue weighted by molar-refractivity contribution is 6.00. The lowest BCUT2D eigenvalue weighted by Crippen LogP contribution is -2.32. The molecule has 1 saturated heterocycles. The van der Waals surface area contributed by atoms with Crippen molar-refractivity contribution >= 4 is 29.1 Å². The van der Waals surface area contributed by atoms with E-state index in [-0.39, 0.29) is 30.5 Å². The fourth-order valence-electron chi connectivity index (χ4n) is 3.35. The largest absolute Gasteiger partial charge is 0.484 e. The minimum Gasteiger partial charge on any atom is -0.484 e. The molecule has 1 fully saturated rings. The second-order valence-corrected chi connectivity index (χ2v) is 7.31. The maximum Gasteiger partial charge on any atom is 0.418 e. The van der Waals surface area contributed by atoms with Gasteiger partial charge in [-0.1, -0.05) is 18.2 Å². The van der Waals surface area contributed by atoms with E-state index in [9.17, 15) is 27.6 Å². The molecule has 0 aliphatic carbocycles. The van der Waals surface area contributed by atoms with Crippen LogP contribution < -0.4 is 20.3 Å². The lowest BCUT2D eigenvalue weighted by atomic mass is 10.1. The van der Waals surface area contributed by atoms with E-state index in [0.717, 1.165) is 12.1 Å². The first-order chi connectivity index (χ1) is 15.7. The molecule has 7 nitrogen and oxygen atoms in total. The molecule has 10 heteroatoms. The lowest BCUT2D eigenvalue weighted by Gasteiger charge is -2.17. The van der Waals surface area contributed by atoms with Gasteiger partial charge in [0.25, 0.3) is 5.91 Å². The van der Waals surface area contributed by atoms with Crippen molar-refractivity contribution in [1.82, 2.24) is 5.32 Å². The summed E-state index contributed by atoms with van der Waals surface area (Å²) in [7, 11) is 0. The molecule has 2 aromatic carbocycles. The Morgan fingerprint density at radius 2 is 1.85 bits per heavy atom. The Hall–Kier alpha value is -3.82. The van der Waals surface area contributed by atoms with Crippen molar-refractivity contribution in [2.24, 2.45) is 5.92 Å². The fourth-order valence-corrected chi connectivity index (χ4v) is 3.35. The van der Waals surface area contributed by atoms with Gasteiger partial charge in [-0.2, -0.15) is 13.2 Å². The minimum absolute atomic E-state index is 0.0980. The number of amides is 3. The van der Waals surface area contributed by atoms with E-state index in [2.05, 4.69) is 17.2 Å². The first-order valence-corrected chi connectivity index (χ1v) is 10.1. The summed E-state index contributed by atoms with van der Waals surface area (Å²) < 4.78 is 44.4. The van der Waals surface area contributed by atoms with E-state index in [1.807, 2.05) is 0 Å². The fraction of sp³-hybridized carbons (Fsp3) is 0.261. The molecular weight excluding hydrogens is 439 g/mol. The predicted molar refractivity (Wildman–Crippen MR) is 116 cm³/mol. The number of para-hydroxylation sites is 1. The third kappa shape index (κ3) is 6.12. The number of ether oxygens (including phenoxy) is 1. The summed E-state index contributed by atoms with van der Waals surface area (Å²) in [5, 5.41) is 4.87. The molecule has 0 unspecified atom stereocenters. The van der Waals surface area contributed by atoms with Crippen LogP contribution in [0.15, 0.2) is 61.2 Å². The summed E-state index contributed by atoms with van der Waals surface area (Å²) in [6, 6.07) is 10.9. The molecule has 3 rings (SSSR count). The van der Waals surface area contributed by atoms with Crippen LogP contribution in [0.25, 0.3) is 0 Å². The number of anilines is 2. The second kappa shape index (κ2) is 10.2. The minimum atomic E-state index is -4.60. The molecule has 2 aromatic rings. The number of hydrogen-bond acceptors (Lipinski definition) is 4. The zero-order chi connectivity index (χ0) is 24.0. The van der Waals surface area contributed by atoms with Crippen molar-refractivity contribution in [2.45, 2.75) is 12.6 Å². The number of hydrogen-bond donors (Lipinski definition) is 2. The van der Waals surface area contributed by atoms with Gasteiger partial charge in [0.1, 0.15) is 5.75 Å². The predicted octanol–water partition coefficient (Wildman–Crippen LogP) is 3.38. The summed E-state index contributed by atoms with van der Waals surface area (Å²) >= 11 is 0. The molecule has 174 valence electrons. The molecule has 2 N–H and O–H groups in total. The quantitative estimate of drug-likeness (QED) is 0.590. The van der Waals surface area contributed by atoms with Gasteiger partial charge < -0.3 is 20.3 Å². The molecule has 1 aliphatic heterocycles. The van der Waals surface area contributed by atoms with E-state index in [1.165, 1.54) is 29.2 Å². The maximum atomic E-state index is 13.0. The number of carbonyl (C=O) groups is 3. The monoisotopic (exact) mass is 461 g/mol. The normalized spacial score (nSPS) is 15.8. The van der Waals surface area contributed by atoms with Crippen LogP contribution in [0.2, 0.25) is 0 Å². The Labute approximate surface area is 188 Å². The zero-order valence-electron chi connectivity index (χ0n) is 17.5. The molecule has 0 radical (unpaired) electrons. The van der Waals surface area contributed by atoms with Crippen LogP contribution in [0.1, 0.15) is 12.0 Å². The molecule has 0 bridgehead atoms. The number of nitrogens with one attached hydrogen (secondary N) is 2. The van der Waals surface area contributed by atoms with Crippen LogP contribution >= 0.6 is 0 Å². The van der Waals surface area contributed by atoms with Crippen molar-refractivity contribution in [3.63, 3.8) is 0 Å². The van der Waals surface area contributed by atoms with Crippen LogP contribution in [0.5, 0.6) is 5.75 Å². The SMILES string of the molecule is C=CCNC(=O)[C@H]1CC(=O)N(c2ccc(OCC(=O)Nc3ccccc3C(F)(F)F)cc2)C1. The highest BCUT2D eigenvalue weighted by Gasteiger charge is 2.35. The van der Waals surface area contributed by atoms with Crippen LogP contribution in [0.4, 0.5) is 24.5 Å². The van der Waals surface area contributed by atoms with Crippen molar-refractivity contribution in [2.75, 3.05) is 29.9 Å². The smallest absolute Gasteiger partial charge is 0.418 e. The summed E-state index contributed by atoms with van der Waals surface area (Å²) in [4.78, 5) is 37.9. The van der Waals surface area contributed by atoms with Crippen molar-refractivity contribution in [3.05, 3.63) is 66.7 Å². The number of rotatable bonds is 8. The Morgan fingerprint density at radius 3 is 2.52 bits per heavy atom. The van der Waals surface area contributed by atoms with E-state index in [4.69, 9.17) is 4.74 Å². The summed E-state index contributed by atoms with van der Waals surface area (Å²) in [5.74, 6) is -1.32. The highest BCUT2D eigenvalue weighted by Crippen LogP contribution is 2.34. The van der Waals surface area contributed by atoms with Crippen molar-refractivity contribution in [3.8, 4) is 5.75 Å². The second-order valence-electron chi connectivity index (χ2n) is 7.31. The van der Waals surface area contributed by atoms with Crippen molar-refractivity contribution in [1.29, 1.82) is 0 Å². The lowest BCUT2D eigenvalue weighted by molar-refractivity contribution is -0.137. The highest BCUT2D eigenvalue weighted by atomic mass is 19.4. The number of nitrogens with zero attached hydrogens (tertiary/aromatic N) is 1.